The average molecular weight is 331 g/mol. The number of nitrogens with zero attached hydrogens (tertiary/aromatic N) is 2. The maximum atomic E-state index is 10.2. The molecule has 0 radical (unpaired) electrons. The van der Waals surface area contributed by atoms with Gasteiger partial charge in [0.05, 0.1) is 17.2 Å². The van der Waals surface area contributed by atoms with Crippen LogP contribution in [0.25, 0.3) is 22.0 Å². The summed E-state index contributed by atoms with van der Waals surface area (Å²) in [6.07, 6.45) is 4.67. The van der Waals surface area contributed by atoms with Crippen molar-refractivity contribution in [2.75, 3.05) is 5.73 Å². The van der Waals surface area contributed by atoms with E-state index in [1.165, 1.54) is 0 Å². The molecule has 1 aliphatic carbocycles. The number of nitriles is 1. The molecular weight excluding hydrogens is 310 g/mol. The summed E-state index contributed by atoms with van der Waals surface area (Å²) in [5, 5.41) is 20.5. The van der Waals surface area contributed by atoms with Crippen molar-refractivity contribution in [1.82, 2.24) is 4.57 Å². The van der Waals surface area contributed by atoms with Crippen LogP contribution < -0.4 is 5.73 Å². The fourth-order valence-corrected chi connectivity index (χ4v) is 3.43. The fraction of sp³-hybridized carbons (Fsp3) is 0.286. The van der Waals surface area contributed by atoms with Crippen LogP contribution in [-0.2, 0) is 6.54 Å². The average Bonchev–Trinajstić information content (AvgIpc) is 3.25. The number of benzene rings is 2. The number of hydrogen-bond donors (Lipinski definition) is 2. The molecule has 1 aromatic heterocycles. The molecule has 4 rings (SSSR count). The molecule has 4 nitrogen and oxygen atoms in total. The van der Waals surface area contributed by atoms with Crippen LogP contribution in [0, 0.1) is 18.3 Å². The lowest BCUT2D eigenvalue weighted by Crippen LogP contribution is -2.10. The number of aliphatic hydroxyl groups is 1. The van der Waals surface area contributed by atoms with Crippen molar-refractivity contribution < 1.29 is 5.11 Å². The second-order valence-corrected chi connectivity index (χ2v) is 7.07. The highest BCUT2D eigenvalue weighted by Crippen LogP contribution is 2.40. The van der Waals surface area contributed by atoms with E-state index in [9.17, 15) is 10.4 Å². The van der Waals surface area contributed by atoms with E-state index < -0.39 is 5.60 Å². The molecular formula is C21H21N3O. The van der Waals surface area contributed by atoms with Gasteiger partial charge in [0.25, 0.3) is 0 Å². The second kappa shape index (κ2) is 5.65. The summed E-state index contributed by atoms with van der Waals surface area (Å²) >= 11 is 0. The summed E-state index contributed by atoms with van der Waals surface area (Å²) in [7, 11) is 0. The molecule has 25 heavy (non-hydrogen) atoms. The van der Waals surface area contributed by atoms with Gasteiger partial charge < -0.3 is 15.4 Å². The molecule has 0 spiro atoms. The molecule has 4 heteroatoms. The van der Waals surface area contributed by atoms with Gasteiger partial charge in [0.2, 0.25) is 0 Å². The van der Waals surface area contributed by atoms with Crippen molar-refractivity contribution in [2.45, 2.75) is 38.3 Å². The monoisotopic (exact) mass is 331 g/mol. The number of aryl methyl sites for hydroxylation is 1. The quantitative estimate of drug-likeness (QED) is 0.710. The number of anilines is 1. The summed E-state index contributed by atoms with van der Waals surface area (Å²) in [5.74, 6) is 0. The van der Waals surface area contributed by atoms with Gasteiger partial charge in [-0.1, -0.05) is 12.1 Å². The minimum atomic E-state index is -0.476. The van der Waals surface area contributed by atoms with E-state index in [0.717, 1.165) is 59.1 Å². The first-order valence-electron chi connectivity index (χ1n) is 8.62. The van der Waals surface area contributed by atoms with E-state index in [-0.39, 0.29) is 0 Å². The zero-order valence-corrected chi connectivity index (χ0v) is 14.3. The summed E-state index contributed by atoms with van der Waals surface area (Å²) in [5.41, 5.74) is 11.3. The summed E-state index contributed by atoms with van der Waals surface area (Å²) in [6.45, 7) is 2.79. The van der Waals surface area contributed by atoms with Gasteiger partial charge in [-0.05, 0) is 61.6 Å². The van der Waals surface area contributed by atoms with Gasteiger partial charge in [-0.25, -0.2) is 0 Å². The van der Waals surface area contributed by atoms with E-state index in [1.807, 2.05) is 37.3 Å². The van der Waals surface area contributed by atoms with Crippen molar-refractivity contribution in [3.05, 3.63) is 53.7 Å². The minimum Gasteiger partial charge on any atom is -0.398 e. The lowest BCUT2D eigenvalue weighted by Gasteiger charge is -2.09. The highest BCUT2D eigenvalue weighted by Gasteiger charge is 2.39. The van der Waals surface area contributed by atoms with Crippen molar-refractivity contribution in [3.8, 4) is 17.2 Å². The molecule has 0 bridgehead atoms. The van der Waals surface area contributed by atoms with Crippen LogP contribution in [0.5, 0.6) is 0 Å². The number of hydrogen-bond acceptors (Lipinski definition) is 3. The van der Waals surface area contributed by atoms with E-state index >= 15 is 0 Å². The third-order valence-corrected chi connectivity index (χ3v) is 5.32. The molecule has 1 saturated carbocycles. The van der Waals surface area contributed by atoms with E-state index in [2.05, 4.69) is 22.9 Å². The first-order valence-corrected chi connectivity index (χ1v) is 8.62. The number of aromatic nitrogens is 1. The molecule has 0 saturated heterocycles. The lowest BCUT2D eigenvalue weighted by molar-refractivity contribution is 0.135. The summed E-state index contributed by atoms with van der Waals surface area (Å²) < 4.78 is 2.19. The normalized spacial score (nSPS) is 15.2. The van der Waals surface area contributed by atoms with Crippen molar-refractivity contribution in [1.29, 1.82) is 5.26 Å². The van der Waals surface area contributed by atoms with Crippen molar-refractivity contribution in [2.24, 2.45) is 0 Å². The molecule has 0 atom stereocenters. The molecule has 1 fully saturated rings. The molecule has 1 heterocycles. The molecule has 3 aromatic rings. The van der Waals surface area contributed by atoms with Crippen LogP contribution in [0.2, 0.25) is 0 Å². The molecule has 3 N–H and O–H groups in total. The largest absolute Gasteiger partial charge is 0.398 e. The molecule has 0 unspecified atom stereocenters. The predicted octanol–water partition coefficient (Wildman–Crippen LogP) is 3.99. The Morgan fingerprint density at radius 1 is 1.24 bits per heavy atom. The Bertz CT molecular complexity index is 1010. The van der Waals surface area contributed by atoms with E-state index in [4.69, 9.17) is 5.73 Å². The van der Waals surface area contributed by atoms with Crippen LogP contribution in [0.1, 0.15) is 30.4 Å². The van der Waals surface area contributed by atoms with Gasteiger partial charge in [0.15, 0.2) is 0 Å². The van der Waals surface area contributed by atoms with Crippen LogP contribution in [0.3, 0.4) is 0 Å². The summed E-state index contributed by atoms with van der Waals surface area (Å²) in [4.78, 5) is 0. The van der Waals surface area contributed by atoms with Crippen LogP contribution in [0.4, 0.5) is 5.69 Å². The first kappa shape index (κ1) is 15.7. The predicted molar refractivity (Wildman–Crippen MR) is 100 cm³/mol. The van der Waals surface area contributed by atoms with Crippen molar-refractivity contribution in [3.63, 3.8) is 0 Å². The van der Waals surface area contributed by atoms with Gasteiger partial charge in [0, 0.05) is 34.9 Å². The maximum absolute atomic E-state index is 10.2. The van der Waals surface area contributed by atoms with Gasteiger partial charge in [-0.2, -0.15) is 5.26 Å². The van der Waals surface area contributed by atoms with Crippen LogP contribution in [-0.4, -0.2) is 15.3 Å². The maximum Gasteiger partial charge on any atom is 0.0991 e. The van der Waals surface area contributed by atoms with Crippen LogP contribution >= 0.6 is 0 Å². The van der Waals surface area contributed by atoms with Crippen LogP contribution in [0.15, 0.2) is 42.6 Å². The third kappa shape index (κ3) is 2.77. The Kier molecular flexibility index (Phi) is 3.55. The smallest absolute Gasteiger partial charge is 0.0991 e. The van der Waals surface area contributed by atoms with Gasteiger partial charge in [-0.15, -0.1) is 0 Å². The molecule has 0 amide bonds. The number of nitrogen functional groups attached to an aromatic ring is 1. The standard InChI is InChI=1S/C21H21N3O/c1-14-16(3-2-4-19(14)23)18-13-24(10-9-21(25)7-8-21)20-6-5-15(12-22)11-17(18)20/h2-6,11,13,25H,7-10,23H2,1H3. The number of rotatable bonds is 4. The zero-order chi connectivity index (χ0) is 17.6. The van der Waals surface area contributed by atoms with Gasteiger partial charge in [-0.3, -0.25) is 0 Å². The first-order chi connectivity index (χ1) is 12.0. The van der Waals surface area contributed by atoms with Crippen molar-refractivity contribution >= 4 is 16.6 Å². The Morgan fingerprint density at radius 3 is 2.76 bits per heavy atom. The topological polar surface area (TPSA) is 75.0 Å². The number of fused-ring (bicyclic) bond motifs is 1. The molecule has 2 aromatic carbocycles. The highest BCUT2D eigenvalue weighted by atomic mass is 16.3. The Balaban J connectivity index is 1.87. The van der Waals surface area contributed by atoms with Gasteiger partial charge in [0.1, 0.15) is 0 Å². The highest BCUT2D eigenvalue weighted by molar-refractivity contribution is 5.98. The molecule has 126 valence electrons. The van der Waals surface area contributed by atoms with E-state index in [0.29, 0.717) is 5.56 Å². The fourth-order valence-electron chi connectivity index (χ4n) is 3.43. The third-order valence-electron chi connectivity index (χ3n) is 5.32. The summed E-state index contributed by atoms with van der Waals surface area (Å²) in [6, 6.07) is 13.9. The van der Waals surface area contributed by atoms with Gasteiger partial charge >= 0.3 is 0 Å². The SMILES string of the molecule is Cc1c(N)cccc1-c1cn(CCC2(O)CC2)c2ccc(C#N)cc12. The lowest BCUT2D eigenvalue weighted by atomic mass is 9.98. The second-order valence-electron chi connectivity index (χ2n) is 7.07. The molecule has 0 aliphatic heterocycles. The number of nitrogens with two attached hydrogens (primary N) is 1. The Morgan fingerprint density at radius 2 is 2.04 bits per heavy atom. The Hall–Kier alpha value is -2.77. The minimum absolute atomic E-state index is 0.476. The zero-order valence-electron chi connectivity index (χ0n) is 14.3. The Labute approximate surface area is 147 Å². The van der Waals surface area contributed by atoms with E-state index in [1.54, 1.807) is 0 Å². The molecule has 1 aliphatic rings.